The molecule has 0 bridgehead atoms. The number of carbonyl (C=O) groups excluding carboxylic acids is 1. The number of carboxylic acid groups (broad SMARTS) is 1. The number of methoxy groups -OCH3 is 1. The van der Waals surface area contributed by atoms with Crippen molar-refractivity contribution in [1.82, 2.24) is 4.40 Å². The smallest absolute Gasteiger partial charge is 0.378 e. The number of aromatic nitrogens is 1. The molecule has 3 rings (SSSR count). The van der Waals surface area contributed by atoms with Crippen LogP contribution in [0.4, 0.5) is 0 Å². The van der Waals surface area contributed by atoms with Crippen LogP contribution in [0.1, 0.15) is 10.5 Å². The number of nitrogens with zero attached hydrogens (tertiary/aromatic N) is 1. The first-order chi connectivity index (χ1) is 11.0. The normalized spacial score (nSPS) is 10.7. The van der Waals surface area contributed by atoms with Crippen LogP contribution >= 0.6 is 11.6 Å². The van der Waals surface area contributed by atoms with Crippen molar-refractivity contribution in [3.8, 4) is 16.9 Å². The first-order valence-electron chi connectivity index (χ1n) is 6.74. The number of benzene rings is 1. The van der Waals surface area contributed by atoms with Gasteiger partial charge in [0.05, 0.1) is 12.1 Å². The summed E-state index contributed by atoms with van der Waals surface area (Å²) in [6.45, 7) is 0. The second-order valence-electron chi connectivity index (χ2n) is 4.89. The van der Waals surface area contributed by atoms with Crippen LogP contribution in [0.3, 0.4) is 0 Å². The van der Waals surface area contributed by atoms with Crippen molar-refractivity contribution in [2.24, 2.45) is 0 Å². The Kier molecular flexibility index (Phi) is 3.80. The van der Waals surface area contributed by atoms with E-state index in [4.69, 9.17) is 21.4 Å². The lowest BCUT2D eigenvalue weighted by Gasteiger charge is -2.07. The average molecular weight is 330 g/mol. The van der Waals surface area contributed by atoms with Crippen molar-refractivity contribution in [2.75, 3.05) is 7.11 Å². The number of fused-ring (bicyclic) bond motifs is 1. The fraction of sp³-hybridized carbons (Fsp3) is 0.0588. The number of carboxylic acids is 1. The summed E-state index contributed by atoms with van der Waals surface area (Å²) in [5, 5.41) is 9.50. The number of ketones is 1. The van der Waals surface area contributed by atoms with Gasteiger partial charge in [-0.25, -0.2) is 4.79 Å². The Morgan fingerprint density at radius 2 is 1.96 bits per heavy atom. The predicted molar refractivity (Wildman–Crippen MR) is 86.4 cm³/mol. The molecular formula is C17H12ClNO4. The average Bonchev–Trinajstić information content (AvgIpc) is 2.93. The molecule has 0 atom stereocenters. The van der Waals surface area contributed by atoms with Gasteiger partial charge >= 0.3 is 5.97 Å². The van der Waals surface area contributed by atoms with Gasteiger partial charge in [-0.15, -0.1) is 0 Å². The standard InChI is InChI=1S/C17H12ClNO4/c1-23-14-6-5-10(8-13(14)18)12-9-11-4-2-3-7-19(11)15(12)16(20)17(21)22/h2-9H,1H3,(H,21,22). The van der Waals surface area contributed by atoms with Crippen molar-refractivity contribution < 1.29 is 19.4 Å². The summed E-state index contributed by atoms with van der Waals surface area (Å²) in [4.78, 5) is 23.3. The molecule has 5 nitrogen and oxygen atoms in total. The molecule has 1 N–H and O–H groups in total. The number of ether oxygens (including phenoxy) is 1. The number of carbonyl (C=O) groups is 2. The van der Waals surface area contributed by atoms with E-state index in [1.54, 1.807) is 47.0 Å². The van der Waals surface area contributed by atoms with Crippen LogP contribution in [0.2, 0.25) is 5.02 Å². The Bertz CT molecular complexity index is 929. The third-order valence-electron chi connectivity index (χ3n) is 3.55. The van der Waals surface area contributed by atoms with Crippen molar-refractivity contribution in [3.05, 3.63) is 59.4 Å². The maximum Gasteiger partial charge on any atom is 0.378 e. The van der Waals surface area contributed by atoms with Crippen LogP contribution in [-0.2, 0) is 4.79 Å². The lowest BCUT2D eigenvalue weighted by Crippen LogP contribution is -2.16. The summed E-state index contributed by atoms with van der Waals surface area (Å²) in [5.74, 6) is -1.97. The molecule has 0 saturated heterocycles. The molecule has 2 heterocycles. The zero-order valence-corrected chi connectivity index (χ0v) is 12.9. The topological polar surface area (TPSA) is 68.0 Å². The minimum Gasteiger partial charge on any atom is -0.495 e. The highest BCUT2D eigenvalue weighted by Crippen LogP contribution is 2.33. The van der Waals surface area contributed by atoms with Crippen molar-refractivity contribution in [2.45, 2.75) is 0 Å². The third-order valence-corrected chi connectivity index (χ3v) is 3.85. The van der Waals surface area contributed by atoms with Gasteiger partial charge in [-0.1, -0.05) is 23.7 Å². The number of hydrogen-bond donors (Lipinski definition) is 1. The predicted octanol–water partition coefficient (Wildman–Crippen LogP) is 3.54. The molecule has 6 heteroatoms. The number of aliphatic carboxylic acids is 1. The monoisotopic (exact) mass is 329 g/mol. The van der Waals surface area contributed by atoms with E-state index in [0.717, 1.165) is 5.52 Å². The Labute approximate surface area is 136 Å². The van der Waals surface area contributed by atoms with E-state index < -0.39 is 11.8 Å². The summed E-state index contributed by atoms with van der Waals surface area (Å²) in [5.41, 5.74) is 1.96. The van der Waals surface area contributed by atoms with Gasteiger partial charge in [-0.2, -0.15) is 0 Å². The lowest BCUT2D eigenvalue weighted by molar-refractivity contribution is -0.131. The van der Waals surface area contributed by atoms with E-state index in [2.05, 4.69) is 0 Å². The van der Waals surface area contributed by atoms with Gasteiger partial charge in [-0.3, -0.25) is 4.79 Å². The van der Waals surface area contributed by atoms with Crippen molar-refractivity contribution >= 4 is 28.9 Å². The molecule has 0 spiro atoms. The lowest BCUT2D eigenvalue weighted by atomic mass is 10.0. The van der Waals surface area contributed by atoms with Gasteiger partial charge in [-0.05, 0) is 35.9 Å². The maximum atomic E-state index is 12.1. The van der Waals surface area contributed by atoms with Crippen LogP contribution in [0.25, 0.3) is 16.6 Å². The molecule has 116 valence electrons. The van der Waals surface area contributed by atoms with Crippen LogP contribution in [-0.4, -0.2) is 28.4 Å². The first kappa shape index (κ1) is 15.1. The van der Waals surface area contributed by atoms with Crippen LogP contribution in [0.15, 0.2) is 48.7 Å². The second kappa shape index (κ2) is 5.78. The van der Waals surface area contributed by atoms with Crippen LogP contribution in [0, 0.1) is 0 Å². The summed E-state index contributed by atoms with van der Waals surface area (Å²) in [6, 6.07) is 12.2. The zero-order chi connectivity index (χ0) is 16.6. The molecule has 3 aromatic rings. The molecule has 0 aliphatic heterocycles. The Morgan fingerprint density at radius 3 is 2.61 bits per heavy atom. The summed E-state index contributed by atoms with van der Waals surface area (Å²) in [6.07, 6.45) is 1.65. The largest absolute Gasteiger partial charge is 0.495 e. The highest BCUT2D eigenvalue weighted by Gasteiger charge is 2.24. The van der Waals surface area contributed by atoms with Gasteiger partial charge in [0.25, 0.3) is 5.78 Å². The molecule has 0 aliphatic rings. The van der Waals surface area contributed by atoms with E-state index in [-0.39, 0.29) is 5.69 Å². The molecular weight excluding hydrogens is 318 g/mol. The maximum absolute atomic E-state index is 12.1. The number of rotatable bonds is 4. The molecule has 2 aromatic heterocycles. The Hall–Kier alpha value is -2.79. The van der Waals surface area contributed by atoms with E-state index in [1.807, 2.05) is 6.07 Å². The summed E-state index contributed by atoms with van der Waals surface area (Å²) < 4.78 is 6.67. The van der Waals surface area contributed by atoms with E-state index >= 15 is 0 Å². The Balaban J connectivity index is 2.28. The molecule has 0 radical (unpaired) electrons. The molecule has 0 amide bonds. The molecule has 0 aliphatic carbocycles. The number of Topliss-reactive ketones (excluding diaryl/α,β-unsaturated/α-hetero) is 1. The van der Waals surface area contributed by atoms with Crippen LogP contribution in [0.5, 0.6) is 5.75 Å². The highest BCUT2D eigenvalue weighted by molar-refractivity contribution is 6.41. The molecule has 23 heavy (non-hydrogen) atoms. The molecule has 1 aromatic carbocycles. The van der Waals surface area contributed by atoms with E-state index in [9.17, 15) is 9.59 Å². The number of pyridine rings is 1. The second-order valence-corrected chi connectivity index (χ2v) is 5.29. The van der Waals surface area contributed by atoms with Crippen molar-refractivity contribution in [1.29, 1.82) is 0 Å². The van der Waals surface area contributed by atoms with Gasteiger partial charge in [0, 0.05) is 17.3 Å². The van der Waals surface area contributed by atoms with Gasteiger partial charge in [0.15, 0.2) is 0 Å². The first-order valence-corrected chi connectivity index (χ1v) is 7.12. The number of halogens is 1. The third kappa shape index (κ3) is 2.55. The highest BCUT2D eigenvalue weighted by atomic mass is 35.5. The molecule has 0 unspecified atom stereocenters. The quantitative estimate of drug-likeness (QED) is 0.587. The molecule has 0 fully saturated rings. The van der Waals surface area contributed by atoms with Crippen LogP contribution < -0.4 is 4.74 Å². The zero-order valence-electron chi connectivity index (χ0n) is 12.1. The summed E-state index contributed by atoms with van der Waals surface area (Å²) in [7, 11) is 1.51. The summed E-state index contributed by atoms with van der Waals surface area (Å²) >= 11 is 6.14. The van der Waals surface area contributed by atoms with Crippen molar-refractivity contribution in [3.63, 3.8) is 0 Å². The minimum atomic E-state index is -1.50. The fourth-order valence-corrected chi connectivity index (χ4v) is 2.77. The van der Waals surface area contributed by atoms with Gasteiger partial charge in [0.2, 0.25) is 0 Å². The number of hydrogen-bond acceptors (Lipinski definition) is 3. The van der Waals surface area contributed by atoms with Gasteiger partial charge in [0.1, 0.15) is 11.4 Å². The van der Waals surface area contributed by atoms with Gasteiger partial charge < -0.3 is 14.2 Å². The van der Waals surface area contributed by atoms with E-state index in [1.165, 1.54) is 7.11 Å². The molecule has 0 saturated carbocycles. The Morgan fingerprint density at radius 1 is 1.17 bits per heavy atom. The SMILES string of the molecule is COc1ccc(-c2cc3ccccn3c2C(=O)C(=O)O)cc1Cl. The minimum absolute atomic E-state index is 0.0920. The van der Waals surface area contributed by atoms with E-state index in [0.29, 0.717) is 21.9 Å². The fourth-order valence-electron chi connectivity index (χ4n) is 2.51.